The summed E-state index contributed by atoms with van der Waals surface area (Å²) in [5.41, 5.74) is 2.06. The Kier molecular flexibility index (Phi) is 6.41. The molecule has 0 amide bonds. The van der Waals surface area contributed by atoms with E-state index >= 15 is 0 Å². The molecule has 7 nitrogen and oxygen atoms in total. The third-order valence-electron chi connectivity index (χ3n) is 4.74. The number of fused-ring (bicyclic) bond motifs is 2. The van der Waals surface area contributed by atoms with Crippen molar-refractivity contribution in [2.24, 2.45) is 0 Å². The van der Waals surface area contributed by atoms with E-state index in [4.69, 9.17) is 23.6 Å². The molecule has 1 N–H and O–H groups in total. The van der Waals surface area contributed by atoms with Gasteiger partial charge in [-0.1, -0.05) is 12.2 Å². The summed E-state index contributed by atoms with van der Waals surface area (Å²) in [4.78, 5) is 16.2. The predicted molar refractivity (Wildman–Crippen MR) is 110 cm³/mol. The number of methoxy groups -OCH3 is 1. The molecule has 0 aliphatic rings. The summed E-state index contributed by atoms with van der Waals surface area (Å²) >= 11 is 0. The lowest BCUT2D eigenvalue weighted by Gasteiger charge is -2.13. The van der Waals surface area contributed by atoms with Crippen molar-refractivity contribution in [3.63, 3.8) is 0 Å². The average molecular weight is 400 g/mol. The lowest BCUT2D eigenvalue weighted by molar-refractivity contribution is -0.269. The van der Waals surface area contributed by atoms with Gasteiger partial charge in [0.1, 0.15) is 18.5 Å². The maximum absolute atomic E-state index is 11.8. The van der Waals surface area contributed by atoms with Crippen LogP contribution in [0.5, 0.6) is 11.5 Å². The number of rotatable bonds is 9. The van der Waals surface area contributed by atoms with Gasteiger partial charge in [0.05, 0.1) is 24.1 Å². The third kappa shape index (κ3) is 4.36. The number of furan rings is 1. The zero-order valence-electron chi connectivity index (χ0n) is 16.7. The second-order valence-electron chi connectivity index (χ2n) is 6.86. The van der Waals surface area contributed by atoms with Crippen molar-refractivity contribution < 1.29 is 28.5 Å². The van der Waals surface area contributed by atoms with Crippen molar-refractivity contribution in [1.29, 1.82) is 0 Å². The Morgan fingerprint density at radius 3 is 2.66 bits per heavy atom. The highest BCUT2D eigenvalue weighted by molar-refractivity contribution is 6.06. The van der Waals surface area contributed by atoms with Crippen molar-refractivity contribution in [2.45, 2.75) is 32.8 Å². The highest BCUT2D eigenvalue weighted by Gasteiger charge is 2.20. The Labute approximate surface area is 167 Å². The van der Waals surface area contributed by atoms with Gasteiger partial charge in [0.15, 0.2) is 11.2 Å². The molecule has 3 rings (SSSR count). The van der Waals surface area contributed by atoms with E-state index in [2.05, 4.69) is 11.5 Å². The second kappa shape index (κ2) is 8.98. The van der Waals surface area contributed by atoms with Gasteiger partial charge in [-0.3, -0.25) is 5.26 Å². The number of hydrogen-bond acceptors (Lipinski definition) is 7. The van der Waals surface area contributed by atoms with E-state index in [-0.39, 0.29) is 12.2 Å². The summed E-state index contributed by atoms with van der Waals surface area (Å²) in [7, 11) is 1.55. The summed E-state index contributed by atoms with van der Waals surface area (Å²) < 4.78 is 22.4. The first-order valence-corrected chi connectivity index (χ1v) is 9.21. The van der Waals surface area contributed by atoms with Gasteiger partial charge in [-0.2, -0.15) is 0 Å². The smallest absolute Gasteiger partial charge is 0.336 e. The number of ether oxygens (including phenoxy) is 2. The monoisotopic (exact) mass is 400 g/mol. The quantitative estimate of drug-likeness (QED) is 0.232. The van der Waals surface area contributed by atoms with Crippen LogP contribution in [0.25, 0.3) is 21.9 Å². The molecule has 1 aromatic carbocycles. The molecule has 7 heteroatoms. The Morgan fingerprint density at radius 1 is 1.21 bits per heavy atom. The highest BCUT2D eigenvalue weighted by Crippen LogP contribution is 2.42. The normalized spacial score (nSPS) is 13.0. The highest BCUT2D eigenvalue weighted by atomic mass is 17.1. The summed E-state index contributed by atoms with van der Waals surface area (Å²) in [5.74, 6) is 0.905. The zero-order valence-corrected chi connectivity index (χ0v) is 16.7. The van der Waals surface area contributed by atoms with Crippen molar-refractivity contribution in [3.05, 3.63) is 58.7 Å². The van der Waals surface area contributed by atoms with Gasteiger partial charge in [-0.05, 0) is 50.5 Å². The van der Waals surface area contributed by atoms with Gasteiger partial charge in [0.25, 0.3) is 0 Å². The van der Waals surface area contributed by atoms with Crippen molar-refractivity contribution in [2.75, 3.05) is 13.7 Å². The average Bonchev–Trinajstić information content (AvgIpc) is 3.17. The minimum atomic E-state index is -0.489. The number of allylic oxidation sites excluding steroid dienone is 1. The van der Waals surface area contributed by atoms with Crippen LogP contribution in [0.4, 0.5) is 0 Å². The van der Waals surface area contributed by atoms with Gasteiger partial charge < -0.3 is 18.3 Å². The van der Waals surface area contributed by atoms with Crippen LogP contribution in [0.3, 0.4) is 0 Å². The fourth-order valence-corrected chi connectivity index (χ4v) is 3.14. The second-order valence-corrected chi connectivity index (χ2v) is 6.86. The number of benzene rings is 1. The fourth-order valence-electron chi connectivity index (χ4n) is 3.14. The molecule has 2 aromatic heterocycles. The first kappa shape index (κ1) is 20.7. The van der Waals surface area contributed by atoms with Crippen molar-refractivity contribution in [1.82, 2.24) is 0 Å². The van der Waals surface area contributed by atoms with Crippen molar-refractivity contribution in [3.8, 4) is 11.5 Å². The Morgan fingerprint density at radius 2 is 1.97 bits per heavy atom. The van der Waals surface area contributed by atoms with Crippen LogP contribution >= 0.6 is 0 Å². The van der Waals surface area contributed by atoms with Gasteiger partial charge >= 0.3 is 5.63 Å². The maximum atomic E-state index is 11.8. The molecule has 0 aliphatic carbocycles. The fraction of sp³-hybridized carbons (Fsp3) is 0.318. The minimum absolute atomic E-state index is 0.249. The Balaban J connectivity index is 1.86. The first-order chi connectivity index (χ1) is 14.0. The molecule has 0 radical (unpaired) electrons. The number of hydrogen-bond donors (Lipinski definition) is 1. The Hall–Kier alpha value is -3.03. The molecule has 0 fully saturated rings. The molecular weight excluding hydrogens is 376 g/mol. The molecule has 1 unspecified atom stereocenters. The van der Waals surface area contributed by atoms with E-state index in [9.17, 15) is 4.79 Å². The lowest BCUT2D eigenvalue weighted by atomic mass is 10.0. The molecule has 0 saturated carbocycles. The van der Waals surface area contributed by atoms with Crippen LogP contribution in [0.15, 0.2) is 61.9 Å². The lowest BCUT2D eigenvalue weighted by Crippen LogP contribution is -2.11. The first-order valence-electron chi connectivity index (χ1n) is 9.21. The van der Waals surface area contributed by atoms with Crippen LogP contribution < -0.4 is 15.1 Å². The van der Waals surface area contributed by atoms with E-state index in [1.807, 2.05) is 13.0 Å². The molecule has 0 saturated heterocycles. The van der Waals surface area contributed by atoms with E-state index in [1.54, 1.807) is 26.2 Å². The van der Waals surface area contributed by atoms with E-state index < -0.39 is 11.7 Å². The molecule has 3 aromatic rings. The Bertz CT molecular complexity index is 1100. The van der Waals surface area contributed by atoms with Crippen LogP contribution in [0.1, 0.15) is 26.7 Å². The molecule has 2 heterocycles. The zero-order chi connectivity index (χ0) is 21.0. The maximum Gasteiger partial charge on any atom is 0.336 e. The van der Waals surface area contributed by atoms with Gasteiger partial charge in [-0.25, -0.2) is 9.68 Å². The minimum Gasteiger partial charge on any atom is -0.495 e. The SMILES string of the molecule is C=C(C)C(CCC(C)=CCOc1c2occc2c(OC)c2ccc(=O)oc12)OO. The van der Waals surface area contributed by atoms with Gasteiger partial charge in [0, 0.05) is 6.07 Å². The summed E-state index contributed by atoms with van der Waals surface area (Å²) in [6, 6.07) is 4.76. The van der Waals surface area contributed by atoms with E-state index in [1.165, 1.54) is 12.3 Å². The van der Waals surface area contributed by atoms with Crippen LogP contribution in [-0.4, -0.2) is 25.1 Å². The summed E-state index contributed by atoms with van der Waals surface area (Å²) in [5, 5.41) is 10.3. The van der Waals surface area contributed by atoms with Gasteiger partial charge in [-0.15, -0.1) is 0 Å². The molecule has 1 atom stereocenters. The molecule has 154 valence electrons. The third-order valence-corrected chi connectivity index (χ3v) is 4.74. The van der Waals surface area contributed by atoms with Crippen molar-refractivity contribution >= 4 is 21.9 Å². The predicted octanol–water partition coefficient (Wildman–Crippen LogP) is 5.09. The molecule has 0 bridgehead atoms. The van der Waals surface area contributed by atoms with E-state index in [0.29, 0.717) is 35.3 Å². The molecular formula is C22H24O7. The van der Waals surface area contributed by atoms with Crippen LogP contribution in [0, 0.1) is 0 Å². The standard InChI is InChI=1S/C22H24O7/c1-13(2)17(29-24)7-5-14(3)9-11-27-22-20-16(10-12-26-20)19(25-4)15-6-8-18(23)28-21(15)22/h6,8-10,12,17,24H,1,5,7,11H2,2-4H3. The van der Waals surface area contributed by atoms with Gasteiger partial charge in [0.2, 0.25) is 5.75 Å². The summed E-state index contributed by atoms with van der Waals surface area (Å²) in [6.07, 6.45) is 4.36. The molecule has 0 spiro atoms. The molecule has 0 aliphatic heterocycles. The topological polar surface area (TPSA) is 91.3 Å². The summed E-state index contributed by atoms with van der Waals surface area (Å²) in [6.45, 7) is 7.81. The van der Waals surface area contributed by atoms with Crippen LogP contribution in [0.2, 0.25) is 0 Å². The van der Waals surface area contributed by atoms with Crippen LogP contribution in [-0.2, 0) is 4.89 Å². The molecule has 29 heavy (non-hydrogen) atoms. The largest absolute Gasteiger partial charge is 0.495 e. The van der Waals surface area contributed by atoms with E-state index in [0.717, 1.165) is 16.5 Å².